The van der Waals surface area contributed by atoms with Crippen molar-refractivity contribution in [3.63, 3.8) is 0 Å². The summed E-state index contributed by atoms with van der Waals surface area (Å²) in [5, 5.41) is 12.0. The van der Waals surface area contributed by atoms with Crippen molar-refractivity contribution in [2.24, 2.45) is 29.1 Å². The molecule has 2 aromatic rings. The minimum atomic E-state index is -1.23. The number of carbonyl (C=O) groups is 2. The van der Waals surface area contributed by atoms with E-state index in [0.717, 1.165) is 42.5 Å². The normalized spacial score (nSPS) is 31.5. The Hall–Kier alpha value is -3.06. The van der Waals surface area contributed by atoms with Gasteiger partial charge in [0.2, 0.25) is 5.91 Å². The van der Waals surface area contributed by atoms with Crippen molar-refractivity contribution in [2.75, 3.05) is 13.2 Å². The third-order valence-electron chi connectivity index (χ3n) is 8.43. The maximum absolute atomic E-state index is 13.6. The molecule has 36 heavy (non-hydrogen) atoms. The summed E-state index contributed by atoms with van der Waals surface area (Å²) < 4.78 is 19.3. The molecular formula is C29H33FN2O4. The molecule has 5 rings (SSSR count). The molecule has 0 bridgehead atoms. The zero-order chi connectivity index (χ0) is 25.3. The molecule has 1 aromatic carbocycles. The summed E-state index contributed by atoms with van der Waals surface area (Å²) in [6.45, 7) is 1.83. The summed E-state index contributed by atoms with van der Waals surface area (Å²) in [5.41, 5.74) is 1.14. The Balaban J connectivity index is 1.46. The fourth-order valence-corrected chi connectivity index (χ4v) is 6.90. The molecule has 1 aliphatic heterocycles. The van der Waals surface area contributed by atoms with Crippen LogP contribution in [0.4, 0.5) is 4.39 Å². The van der Waals surface area contributed by atoms with E-state index in [1.807, 2.05) is 31.2 Å². The predicted octanol–water partition coefficient (Wildman–Crippen LogP) is 4.38. The van der Waals surface area contributed by atoms with Crippen molar-refractivity contribution in [3.05, 3.63) is 60.2 Å². The number of hydrogen-bond donors (Lipinski definition) is 2. The van der Waals surface area contributed by atoms with Crippen molar-refractivity contribution in [3.8, 4) is 11.1 Å². The number of esters is 1. The van der Waals surface area contributed by atoms with E-state index in [0.29, 0.717) is 12.3 Å². The molecule has 3 aliphatic rings. The number of cyclic esters (lactones) is 1. The van der Waals surface area contributed by atoms with Gasteiger partial charge in [-0.25, -0.2) is 4.39 Å². The first kappa shape index (κ1) is 24.6. The SMILES string of the molecule is C[C@H]1OC(=O)[C@]2(C(=O)NCCO)C[C@@H]3CCCCC3[C@H](/C=C/c3ccc(-c4cccc(F)c4)cn3)[C@H]12. The van der Waals surface area contributed by atoms with Gasteiger partial charge in [0.25, 0.3) is 0 Å². The average Bonchev–Trinajstić information content (AvgIpc) is 3.15. The van der Waals surface area contributed by atoms with Gasteiger partial charge in [-0.2, -0.15) is 0 Å². The van der Waals surface area contributed by atoms with Crippen molar-refractivity contribution < 1.29 is 23.8 Å². The first-order valence-corrected chi connectivity index (χ1v) is 12.9. The number of pyridine rings is 1. The Labute approximate surface area is 211 Å². The van der Waals surface area contributed by atoms with E-state index in [9.17, 15) is 19.1 Å². The number of nitrogens with one attached hydrogen (secondary N) is 1. The largest absolute Gasteiger partial charge is 0.461 e. The van der Waals surface area contributed by atoms with E-state index < -0.39 is 11.4 Å². The van der Waals surface area contributed by atoms with Gasteiger partial charge in [0.05, 0.1) is 12.3 Å². The molecule has 2 heterocycles. The second-order valence-corrected chi connectivity index (χ2v) is 10.4. The van der Waals surface area contributed by atoms with Crippen LogP contribution in [0, 0.1) is 34.9 Å². The fraction of sp³-hybridized carbons (Fsp3) is 0.483. The maximum Gasteiger partial charge on any atom is 0.322 e. The van der Waals surface area contributed by atoms with Crippen LogP contribution in [-0.4, -0.2) is 41.2 Å². The number of benzene rings is 1. The molecule has 1 amide bonds. The molecule has 190 valence electrons. The first-order valence-electron chi connectivity index (χ1n) is 12.9. The van der Waals surface area contributed by atoms with E-state index in [-0.39, 0.29) is 48.7 Å². The number of hydrogen-bond acceptors (Lipinski definition) is 5. The summed E-state index contributed by atoms with van der Waals surface area (Å²) in [6.07, 6.45) is 10.3. The van der Waals surface area contributed by atoms with Crippen LogP contribution in [0.3, 0.4) is 0 Å². The Morgan fingerprint density at radius 3 is 2.83 bits per heavy atom. The van der Waals surface area contributed by atoms with Crippen LogP contribution in [0.15, 0.2) is 48.7 Å². The summed E-state index contributed by atoms with van der Waals surface area (Å²) in [7, 11) is 0. The summed E-state index contributed by atoms with van der Waals surface area (Å²) in [5.74, 6) is -0.676. The van der Waals surface area contributed by atoms with Crippen LogP contribution in [-0.2, 0) is 14.3 Å². The zero-order valence-electron chi connectivity index (χ0n) is 20.5. The van der Waals surface area contributed by atoms with Gasteiger partial charge in [0.15, 0.2) is 5.41 Å². The molecule has 0 radical (unpaired) electrons. The van der Waals surface area contributed by atoms with E-state index in [1.165, 1.54) is 12.1 Å². The molecule has 1 unspecified atom stereocenters. The number of halogens is 1. The van der Waals surface area contributed by atoms with Crippen LogP contribution in [0.2, 0.25) is 0 Å². The Bertz CT molecular complexity index is 1150. The van der Waals surface area contributed by atoms with Crippen LogP contribution >= 0.6 is 0 Å². The van der Waals surface area contributed by atoms with Gasteiger partial charge < -0.3 is 15.2 Å². The average molecular weight is 493 g/mol. The van der Waals surface area contributed by atoms with E-state index in [2.05, 4.69) is 16.4 Å². The van der Waals surface area contributed by atoms with Crippen LogP contribution < -0.4 is 5.32 Å². The first-order chi connectivity index (χ1) is 17.4. The molecule has 7 heteroatoms. The highest BCUT2D eigenvalue weighted by Crippen LogP contribution is 2.59. The third-order valence-corrected chi connectivity index (χ3v) is 8.43. The van der Waals surface area contributed by atoms with Gasteiger partial charge in [0, 0.05) is 24.2 Å². The lowest BCUT2D eigenvalue weighted by Gasteiger charge is -2.50. The smallest absolute Gasteiger partial charge is 0.322 e. The topological polar surface area (TPSA) is 88.5 Å². The molecule has 2 aliphatic carbocycles. The molecule has 6 atom stereocenters. The molecule has 1 aromatic heterocycles. The van der Waals surface area contributed by atoms with Crippen LogP contribution in [0.25, 0.3) is 17.2 Å². The number of carbonyl (C=O) groups excluding carboxylic acids is 2. The lowest BCUT2D eigenvalue weighted by molar-refractivity contribution is -0.158. The lowest BCUT2D eigenvalue weighted by Crippen LogP contribution is -2.57. The number of allylic oxidation sites excluding steroid dienone is 1. The third kappa shape index (κ3) is 4.34. The Morgan fingerprint density at radius 1 is 1.25 bits per heavy atom. The number of nitrogens with zero attached hydrogens (tertiary/aromatic N) is 1. The second-order valence-electron chi connectivity index (χ2n) is 10.4. The molecule has 6 nitrogen and oxygen atoms in total. The van der Waals surface area contributed by atoms with Gasteiger partial charge in [-0.3, -0.25) is 14.6 Å². The van der Waals surface area contributed by atoms with Gasteiger partial charge >= 0.3 is 5.97 Å². The number of ether oxygens (including phenoxy) is 1. The molecule has 2 saturated carbocycles. The second kappa shape index (κ2) is 10.1. The van der Waals surface area contributed by atoms with E-state index in [1.54, 1.807) is 12.3 Å². The highest BCUT2D eigenvalue weighted by molar-refractivity contribution is 6.04. The molecule has 3 fully saturated rings. The van der Waals surface area contributed by atoms with Crippen molar-refractivity contribution in [2.45, 2.75) is 45.1 Å². The minimum Gasteiger partial charge on any atom is -0.461 e. The number of amides is 1. The van der Waals surface area contributed by atoms with E-state index >= 15 is 0 Å². The standard InChI is InChI=1S/C29H33FN2O4/c1-18-26-25(12-11-23-10-9-21(17-32-23)19-6-4-7-22(30)15-19)24-8-3-2-5-20(24)16-29(26,28(35)36-18)27(34)31-13-14-33/h4,6-7,9-12,15,17-18,20,24-26,33H,2-3,5,8,13-14,16H2,1H3,(H,31,34)/b12-11+/t18-,20+,24?,25+,26+,29-/m1/s1. The Morgan fingerprint density at radius 2 is 2.08 bits per heavy atom. The van der Waals surface area contributed by atoms with Crippen molar-refractivity contribution in [1.29, 1.82) is 0 Å². The number of aliphatic hydroxyl groups is 1. The quantitative estimate of drug-likeness (QED) is 0.462. The fourth-order valence-electron chi connectivity index (χ4n) is 6.90. The van der Waals surface area contributed by atoms with Gasteiger partial charge in [-0.1, -0.05) is 43.5 Å². The highest BCUT2D eigenvalue weighted by Gasteiger charge is 2.67. The van der Waals surface area contributed by atoms with Crippen LogP contribution in [0.1, 0.15) is 44.7 Å². The van der Waals surface area contributed by atoms with Crippen molar-refractivity contribution >= 4 is 18.0 Å². The Kier molecular flexibility index (Phi) is 6.93. The number of aromatic nitrogens is 1. The molecule has 2 N–H and O–H groups in total. The van der Waals surface area contributed by atoms with Crippen LogP contribution in [0.5, 0.6) is 0 Å². The maximum atomic E-state index is 13.6. The minimum absolute atomic E-state index is 0.00456. The predicted molar refractivity (Wildman–Crippen MR) is 134 cm³/mol. The summed E-state index contributed by atoms with van der Waals surface area (Å²) >= 11 is 0. The summed E-state index contributed by atoms with van der Waals surface area (Å²) in [4.78, 5) is 31.2. The number of fused-ring (bicyclic) bond motifs is 2. The zero-order valence-corrected chi connectivity index (χ0v) is 20.5. The number of rotatable bonds is 6. The summed E-state index contributed by atoms with van der Waals surface area (Å²) in [6, 6.07) is 10.2. The highest BCUT2D eigenvalue weighted by atomic mass is 19.1. The lowest BCUT2D eigenvalue weighted by atomic mass is 9.51. The molecule has 1 saturated heterocycles. The molecule has 0 spiro atoms. The number of aliphatic hydroxyl groups excluding tert-OH is 1. The molecular weight excluding hydrogens is 459 g/mol. The van der Waals surface area contributed by atoms with Gasteiger partial charge in [-0.15, -0.1) is 0 Å². The van der Waals surface area contributed by atoms with Gasteiger partial charge in [-0.05, 0) is 67.4 Å². The van der Waals surface area contributed by atoms with Gasteiger partial charge in [0.1, 0.15) is 11.9 Å². The van der Waals surface area contributed by atoms with Crippen molar-refractivity contribution in [1.82, 2.24) is 10.3 Å². The monoisotopic (exact) mass is 492 g/mol. The van der Waals surface area contributed by atoms with E-state index in [4.69, 9.17) is 4.74 Å².